The van der Waals surface area contributed by atoms with Crippen LogP contribution in [-0.2, 0) is 6.54 Å². The molecule has 0 atom stereocenters. The van der Waals surface area contributed by atoms with Gasteiger partial charge in [-0.2, -0.15) is 4.98 Å². The van der Waals surface area contributed by atoms with Crippen LogP contribution in [0.5, 0.6) is 0 Å². The summed E-state index contributed by atoms with van der Waals surface area (Å²) in [6.07, 6.45) is 0.857. The third-order valence-electron chi connectivity index (χ3n) is 4.82. The van der Waals surface area contributed by atoms with Crippen LogP contribution in [0.2, 0.25) is 0 Å². The van der Waals surface area contributed by atoms with E-state index in [1.54, 1.807) is 0 Å². The standard InChI is InChI=1S/C21H21FN4O2.ClH/c22-18-9-7-17(8-10-18)21(27)26-12-4-11-25(13-14-26)15-19-23-20(28-24-19)16-5-2-1-3-6-16;/h1-3,5-10H,4,11-15H2;1H. The van der Waals surface area contributed by atoms with Crippen molar-refractivity contribution in [3.8, 4) is 11.5 Å². The first-order valence-electron chi connectivity index (χ1n) is 9.34. The maximum atomic E-state index is 13.1. The molecule has 1 fully saturated rings. The fourth-order valence-corrected chi connectivity index (χ4v) is 3.32. The van der Waals surface area contributed by atoms with E-state index in [0.717, 1.165) is 25.1 Å². The van der Waals surface area contributed by atoms with Gasteiger partial charge < -0.3 is 9.42 Å². The summed E-state index contributed by atoms with van der Waals surface area (Å²) in [6.45, 7) is 3.44. The Bertz CT molecular complexity index is 933. The van der Waals surface area contributed by atoms with Crippen LogP contribution in [-0.4, -0.2) is 52.0 Å². The van der Waals surface area contributed by atoms with Gasteiger partial charge in [-0.05, 0) is 42.8 Å². The highest BCUT2D eigenvalue weighted by Gasteiger charge is 2.21. The zero-order valence-corrected chi connectivity index (χ0v) is 16.6. The maximum Gasteiger partial charge on any atom is 0.257 e. The Morgan fingerprint density at radius 3 is 2.52 bits per heavy atom. The van der Waals surface area contributed by atoms with Crippen LogP contribution >= 0.6 is 12.4 Å². The molecular formula is C21H22ClFN4O2. The van der Waals surface area contributed by atoms with Crippen LogP contribution in [0.1, 0.15) is 22.6 Å². The van der Waals surface area contributed by atoms with E-state index in [2.05, 4.69) is 15.0 Å². The molecule has 6 nitrogen and oxygen atoms in total. The Hall–Kier alpha value is -2.77. The van der Waals surface area contributed by atoms with E-state index >= 15 is 0 Å². The summed E-state index contributed by atoms with van der Waals surface area (Å²) in [5, 5.41) is 4.08. The molecule has 4 rings (SSSR count). The summed E-state index contributed by atoms with van der Waals surface area (Å²) in [6, 6.07) is 15.4. The molecule has 8 heteroatoms. The number of hydrogen-bond donors (Lipinski definition) is 0. The molecule has 1 aliphatic rings. The highest BCUT2D eigenvalue weighted by Crippen LogP contribution is 2.17. The van der Waals surface area contributed by atoms with Crippen molar-refractivity contribution in [3.63, 3.8) is 0 Å². The Morgan fingerprint density at radius 2 is 1.76 bits per heavy atom. The van der Waals surface area contributed by atoms with Crippen LogP contribution in [0.25, 0.3) is 11.5 Å². The van der Waals surface area contributed by atoms with Gasteiger partial charge in [0.25, 0.3) is 11.8 Å². The molecule has 0 aliphatic carbocycles. The van der Waals surface area contributed by atoms with E-state index < -0.39 is 0 Å². The first-order valence-corrected chi connectivity index (χ1v) is 9.34. The highest BCUT2D eigenvalue weighted by atomic mass is 35.5. The molecule has 1 amide bonds. The second-order valence-electron chi connectivity index (χ2n) is 6.81. The Labute approximate surface area is 174 Å². The molecule has 3 aromatic rings. The molecule has 1 aliphatic heterocycles. The minimum absolute atomic E-state index is 0. The van der Waals surface area contributed by atoms with Crippen molar-refractivity contribution in [2.24, 2.45) is 0 Å². The third kappa shape index (κ3) is 5.19. The van der Waals surface area contributed by atoms with Gasteiger partial charge in [-0.3, -0.25) is 9.69 Å². The molecule has 0 N–H and O–H groups in total. The molecule has 2 heterocycles. The monoisotopic (exact) mass is 416 g/mol. The van der Waals surface area contributed by atoms with Gasteiger partial charge >= 0.3 is 0 Å². The van der Waals surface area contributed by atoms with Gasteiger partial charge in [-0.25, -0.2) is 4.39 Å². The zero-order valence-electron chi connectivity index (χ0n) is 15.8. The third-order valence-corrected chi connectivity index (χ3v) is 4.82. The summed E-state index contributed by atoms with van der Waals surface area (Å²) in [7, 11) is 0. The number of aromatic nitrogens is 2. The first kappa shape index (κ1) is 21.0. The lowest BCUT2D eigenvalue weighted by Gasteiger charge is -2.21. The average molecular weight is 417 g/mol. The van der Waals surface area contributed by atoms with Crippen molar-refractivity contribution in [2.75, 3.05) is 26.2 Å². The smallest absolute Gasteiger partial charge is 0.257 e. The summed E-state index contributed by atoms with van der Waals surface area (Å²) < 4.78 is 18.4. The van der Waals surface area contributed by atoms with E-state index in [9.17, 15) is 9.18 Å². The molecular weight excluding hydrogens is 395 g/mol. The summed E-state index contributed by atoms with van der Waals surface area (Å²) in [5.41, 5.74) is 1.41. The normalized spacial score (nSPS) is 14.9. The number of rotatable bonds is 4. The Morgan fingerprint density at radius 1 is 1.00 bits per heavy atom. The van der Waals surface area contributed by atoms with Gasteiger partial charge in [0.2, 0.25) is 0 Å². The number of hydrogen-bond acceptors (Lipinski definition) is 5. The lowest BCUT2D eigenvalue weighted by atomic mass is 10.2. The second kappa shape index (κ2) is 9.62. The van der Waals surface area contributed by atoms with Crippen molar-refractivity contribution in [1.29, 1.82) is 0 Å². The van der Waals surface area contributed by atoms with Gasteiger partial charge in [0.15, 0.2) is 5.82 Å². The van der Waals surface area contributed by atoms with E-state index in [0.29, 0.717) is 36.9 Å². The largest absolute Gasteiger partial charge is 0.337 e. The Kier molecular flexibility index (Phi) is 6.95. The maximum absolute atomic E-state index is 13.1. The minimum Gasteiger partial charge on any atom is -0.337 e. The van der Waals surface area contributed by atoms with Crippen molar-refractivity contribution in [2.45, 2.75) is 13.0 Å². The fourth-order valence-electron chi connectivity index (χ4n) is 3.32. The molecule has 29 heavy (non-hydrogen) atoms. The van der Waals surface area contributed by atoms with Gasteiger partial charge in [0.1, 0.15) is 5.82 Å². The van der Waals surface area contributed by atoms with Gasteiger partial charge in [0, 0.05) is 37.3 Å². The molecule has 2 aromatic carbocycles. The van der Waals surface area contributed by atoms with E-state index in [1.165, 1.54) is 24.3 Å². The number of benzene rings is 2. The Balaban J connectivity index is 0.00000240. The molecule has 0 unspecified atom stereocenters. The summed E-state index contributed by atoms with van der Waals surface area (Å²) in [5.74, 6) is 0.747. The summed E-state index contributed by atoms with van der Waals surface area (Å²) in [4.78, 5) is 21.2. The minimum atomic E-state index is -0.339. The van der Waals surface area contributed by atoms with Crippen molar-refractivity contribution < 1.29 is 13.7 Å². The van der Waals surface area contributed by atoms with Gasteiger partial charge in [-0.15, -0.1) is 12.4 Å². The molecule has 0 radical (unpaired) electrons. The van der Waals surface area contributed by atoms with Crippen LogP contribution in [0, 0.1) is 5.82 Å². The van der Waals surface area contributed by atoms with E-state index in [1.807, 2.05) is 35.2 Å². The SMILES string of the molecule is Cl.O=C(c1ccc(F)cc1)N1CCCN(Cc2noc(-c3ccccc3)n2)CC1. The number of halogens is 2. The topological polar surface area (TPSA) is 62.5 Å². The van der Waals surface area contributed by atoms with Crippen LogP contribution in [0.3, 0.4) is 0 Å². The number of carbonyl (C=O) groups is 1. The van der Waals surface area contributed by atoms with Gasteiger partial charge in [-0.1, -0.05) is 23.4 Å². The number of carbonyl (C=O) groups excluding carboxylic acids is 1. The zero-order chi connectivity index (χ0) is 19.3. The van der Waals surface area contributed by atoms with Crippen LogP contribution < -0.4 is 0 Å². The fraction of sp³-hybridized carbons (Fsp3) is 0.286. The first-order chi connectivity index (χ1) is 13.7. The highest BCUT2D eigenvalue weighted by molar-refractivity contribution is 5.94. The molecule has 0 spiro atoms. The lowest BCUT2D eigenvalue weighted by molar-refractivity contribution is 0.0761. The van der Waals surface area contributed by atoms with Crippen molar-refractivity contribution in [1.82, 2.24) is 19.9 Å². The number of amides is 1. The quantitative estimate of drug-likeness (QED) is 0.649. The van der Waals surface area contributed by atoms with Crippen molar-refractivity contribution in [3.05, 3.63) is 71.8 Å². The van der Waals surface area contributed by atoms with Crippen molar-refractivity contribution >= 4 is 18.3 Å². The summed E-state index contributed by atoms with van der Waals surface area (Å²) >= 11 is 0. The van der Waals surface area contributed by atoms with E-state index in [-0.39, 0.29) is 24.1 Å². The van der Waals surface area contributed by atoms with Crippen LogP contribution in [0.4, 0.5) is 4.39 Å². The molecule has 1 aromatic heterocycles. The lowest BCUT2D eigenvalue weighted by Crippen LogP contribution is -2.35. The average Bonchev–Trinajstić information content (AvgIpc) is 3.07. The van der Waals surface area contributed by atoms with Crippen LogP contribution in [0.15, 0.2) is 59.1 Å². The molecule has 0 bridgehead atoms. The molecule has 0 saturated carbocycles. The number of nitrogens with zero attached hydrogens (tertiary/aromatic N) is 4. The predicted molar refractivity (Wildman–Crippen MR) is 109 cm³/mol. The molecule has 1 saturated heterocycles. The molecule has 152 valence electrons. The predicted octanol–water partition coefficient (Wildman–Crippen LogP) is 3.65. The van der Waals surface area contributed by atoms with Gasteiger partial charge in [0.05, 0.1) is 6.54 Å². The van der Waals surface area contributed by atoms with E-state index in [4.69, 9.17) is 4.52 Å². The second-order valence-corrected chi connectivity index (χ2v) is 6.81.